The zero-order chi connectivity index (χ0) is 16.6. The average Bonchev–Trinajstić information content (AvgIpc) is 2.51. The maximum atomic E-state index is 11.5. The Morgan fingerprint density at radius 1 is 1.00 bits per heavy atom. The molecule has 0 aromatic carbocycles. The van der Waals surface area contributed by atoms with Gasteiger partial charge in [-0.05, 0) is 19.8 Å². The topological polar surface area (TPSA) is 52.6 Å². The smallest absolute Gasteiger partial charge is 0.332 e. The molecule has 0 radical (unpaired) electrons. The van der Waals surface area contributed by atoms with Crippen LogP contribution in [0.3, 0.4) is 0 Å². The van der Waals surface area contributed by atoms with Gasteiger partial charge in [0.2, 0.25) is 0 Å². The van der Waals surface area contributed by atoms with Crippen LogP contribution in [0.4, 0.5) is 0 Å². The molecule has 0 aliphatic carbocycles. The van der Waals surface area contributed by atoms with Gasteiger partial charge in [-0.1, -0.05) is 51.9 Å². The Balaban J connectivity index is 3.80. The molecule has 0 N–H and O–H groups in total. The van der Waals surface area contributed by atoms with Crippen LogP contribution in [-0.2, 0) is 19.1 Å². The second-order valence-corrected chi connectivity index (χ2v) is 5.00. The molecule has 1 unspecified atom stereocenters. The van der Waals surface area contributed by atoms with Gasteiger partial charge < -0.3 is 9.47 Å². The fourth-order valence-corrected chi connectivity index (χ4v) is 1.79. The Bertz CT molecular complexity index is 401. The van der Waals surface area contributed by atoms with Crippen LogP contribution in [-0.4, -0.2) is 24.6 Å². The summed E-state index contributed by atoms with van der Waals surface area (Å²) in [4.78, 5) is 22.9. The van der Waals surface area contributed by atoms with E-state index in [2.05, 4.69) is 18.8 Å². The molecule has 22 heavy (non-hydrogen) atoms. The quantitative estimate of drug-likeness (QED) is 0.252. The zero-order valence-electron chi connectivity index (χ0n) is 14.0. The number of hydrogen-bond donors (Lipinski definition) is 0. The van der Waals surface area contributed by atoms with E-state index in [1.807, 2.05) is 6.92 Å². The van der Waals surface area contributed by atoms with Crippen molar-refractivity contribution in [3.63, 3.8) is 0 Å². The summed E-state index contributed by atoms with van der Waals surface area (Å²) in [5.41, 5.74) is 0. The Labute approximate surface area is 134 Å². The lowest BCUT2D eigenvalue weighted by atomic mass is 10.1. The fraction of sp³-hybridized carbons (Fsp3) is 0.667. The van der Waals surface area contributed by atoms with Crippen LogP contribution < -0.4 is 0 Å². The predicted octanol–water partition coefficient (Wildman–Crippen LogP) is 3.79. The maximum Gasteiger partial charge on any atom is 0.332 e. The van der Waals surface area contributed by atoms with Gasteiger partial charge in [0.1, 0.15) is 0 Å². The minimum atomic E-state index is -0.578. The molecule has 1 atom stereocenters. The van der Waals surface area contributed by atoms with Gasteiger partial charge in [0, 0.05) is 12.2 Å². The third-order valence-electron chi connectivity index (χ3n) is 3.03. The van der Waals surface area contributed by atoms with Crippen molar-refractivity contribution in [2.45, 2.75) is 71.8 Å². The summed E-state index contributed by atoms with van der Waals surface area (Å²) in [7, 11) is 0. The third-order valence-corrected chi connectivity index (χ3v) is 3.03. The number of rotatable bonds is 11. The van der Waals surface area contributed by atoms with E-state index >= 15 is 0 Å². The summed E-state index contributed by atoms with van der Waals surface area (Å²) in [6, 6.07) is 0. The molecule has 0 aromatic heterocycles. The van der Waals surface area contributed by atoms with Gasteiger partial charge in [0.25, 0.3) is 0 Å². The first kappa shape index (κ1) is 20.2. The molecule has 0 spiro atoms. The SMILES string of the molecule is CC#CC(CC)OC(=O)/C=C/C(=O)OCCCCCCCC. The molecule has 0 aliphatic heterocycles. The molecule has 4 nitrogen and oxygen atoms in total. The standard InChI is InChI=1S/C18H28O4/c1-4-7-8-9-10-11-15-21-17(19)13-14-18(20)22-16(6-3)12-5-2/h13-14,16H,4,6-11,15H2,1-3H3/b14-13+. The van der Waals surface area contributed by atoms with E-state index in [0.717, 1.165) is 25.0 Å². The predicted molar refractivity (Wildman–Crippen MR) is 87.1 cm³/mol. The number of ether oxygens (including phenoxy) is 2. The Morgan fingerprint density at radius 2 is 1.64 bits per heavy atom. The van der Waals surface area contributed by atoms with Gasteiger partial charge in [0.15, 0.2) is 6.10 Å². The van der Waals surface area contributed by atoms with E-state index in [4.69, 9.17) is 9.47 Å². The Morgan fingerprint density at radius 3 is 2.27 bits per heavy atom. The second kappa shape index (κ2) is 14.2. The van der Waals surface area contributed by atoms with E-state index in [9.17, 15) is 9.59 Å². The highest BCUT2D eigenvalue weighted by molar-refractivity contribution is 5.91. The normalized spacial score (nSPS) is 11.6. The third kappa shape index (κ3) is 12.0. The Hall–Kier alpha value is -1.76. The van der Waals surface area contributed by atoms with Crippen LogP contribution in [0.2, 0.25) is 0 Å². The van der Waals surface area contributed by atoms with Crippen LogP contribution in [0.5, 0.6) is 0 Å². The van der Waals surface area contributed by atoms with Gasteiger partial charge >= 0.3 is 11.9 Å². The largest absolute Gasteiger partial charge is 0.463 e. The minimum absolute atomic E-state index is 0.392. The lowest BCUT2D eigenvalue weighted by Crippen LogP contribution is -2.14. The van der Waals surface area contributed by atoms with E-state index in [0.29, 0.717) is 13.0 Å². The maximum absolute atomic E-state index is 11.5. The highest BCUT2D eigenvalue weighted by atomic mass is 16.5. The summed E-state index contributed by atoms with van der Waals surface area (Å²) in [6.45, 7) is 6.13. The lowest BCUT2D eigenvalue weighted by molar-refractivity contribution is -0.142. The fourth-order valence-electron chi connectivity index (χ4n) is 1.79. The number of hydrogen-bond acceptors (Lipinski definition) is 4. The molecule has 0 saturated heterocycles. The summed E-state index contributed by atoms with van der Waals surface area (Å²) in [5.74, 6) is 4.38. The number of esters is 2. The molecular formula is C18H28O4. The molecule has 0 fully saturated rings. The van der Waals surface area contributed by atoms with E-state index in [1.54, 1.807) is 6.92 Å². The molecule has 0 rings (SSSR count). The molecule has 0 heterocycles. The number of unbranched alkanes of at least 4 members (excludes halogenated alkanes) is 5. The van der Waals surface area contributed by atoms with Crippen molar-refractivity contribution in [3.8, 4) is 11.8 Å². The number of carbonyl (C=O) groups excluding carboxylic acids is 2. The first-order valence-electron chi connectivity index (χ1n) is 8.11. The van der Waals surface area contributed by atoms with Crippen molar-refractivity contribution in [1.29, 1.82) is 0 Å². The van der Waals surface area contributed by atoms with Crippen molar-refractivity contribution >= 4 is 11.9 Å². The van der Waals surface area contributed by atoms with E-state index in [1.165, 1.54) is 25.7 Å². The molecule has 0 saturated carbocycles. The van der Waals surface area contributed by atoms with Crippen LogP contribution >= 0.6 is 0 Å². The first-order valence-corrected chi connectivity index (χ1v) is 8.11. The lowest BCUT2D eigenvalue weighted by Gasteiger charge is -2.07. The summed E-state index contributed by atoms with van der Waals surface area (Å²) in [6.07, 6.45) is 9.17. The summed E-state index contributed by atoms with van der Waals surface area (Å²) >= 11 is 0. The highest BCUT2D eigenvalue weighted by Gasteiger charge is 2.07. The molecule has 0 aromatic rings. The number of carbonyl (C=O) groups is 2. The highest BCUT2D eigenvalue weighted by Crippen LogP contribution is 2.05. The summed E-state index contributed by atoms with van der Waals surface area (Å²) < 4.78 is 10.1. The van der Waals surface area contributed by atoms with Gasteiger partial charge in [-0.25, -0.2) is 9.59 Å². The van der Waals surface area contributed by atoms with Gasteiger partial charge in [-0.2, -0.15) is 0 Å². The first-order chi connectivity index (χ1) is 10.6. The van der Waals surface area contributed by atoms with E-state index in [-0.39, 0.29) is 0 Å². The van der Waals surface area contributed by atoms with E-state index < -0.39 is 18.0 Å². The minimum Gasteiger partial charge on any atom is -0.463 e. The molecule has 4 heteroatoms. The average molecular weight is 308 g/mol. The van der Waals surface area contributed by atoms with Crippen molar-refractivity contribution < 1.29 is 19.1 Å². The van der Waals surface area contributed by atoms with Crippen LogP contribution in [0.1, 0.15) is 65.7 Å². The van der Waals surface area contributed by atoms with Crippen molar-refractivity contribution in [2.24, 2.45) is 0 Å². The van der Waals surface area contributed by atoms with Crippen LogP contribution in [0.15, 0.2) is 12.2 Å². The van der Waals surface area contributed by atoms with Gasteiger partial charge in [0.05, 0.1) is 6.61 Å². The van der Waals surface area contributed by atoms with Crippen molar-refractivity contribution in [2.75, 3.05) is 6.61 Å². The van der Waals surface area contributed by atoms with Gasteiger partial charge in [-0.15, -0.1) is 5.92 Å². The molecule has 0 bridgehead atoms. The van der Waals surface area contributed by atoms with Gasteiger partial charge in [-0.3, -0.25) is 0 Å². The summed E-state index contributed by atoms with van der Waals surface area (Å²) in [5, 5.41) is 0. The molecular weight excluding hydrogens is 280 g/mol. The van der Waals surface area contributed by atoms with Crippen molar-refractivity contribution in [3.05, 3.63) is 12.2 Å². The molecule has 0 aliphatic rings. The van der Waals surface area contributed by atoms with Crippen LogP contribution in [0, 0.1) is 11.8 Å². The van der Waals surface area contributed by atoms with Crippen molar-refractivity contribution in [1.82, 2.24) is 0 Å². The molecule has 124 valence electrons. The Kier molecular flexibility index (Phi) is 13.1. The second-order valence-electron chi connectivity index (χ2n) is 5.00. The van der Waals surface area contributed by atoms with Crippen LogP contribution in [0.25, 0.3) is 0 Å². The monoisotopic (exact) mass is 308 g/mol. The zero-order valence-corrected chi connectivity index (χ0v) is 14.0. The molecule has 0 amide bonds.